The highest BCUT2D eigenvalue weighted by Gasteiger charge is 2.30. The minimum absolute atomic E-state index is 0.458. The molecular formula is C19H31NO. The Balaban J connectivity index is 2.22. The van der Waals surface area contributed by atoms with Crippen LogP contribution < -0.4 is 10.1 Å². The molecule has 1 aliphatic carbocycles. The van der Waals surface area contributed by atoms with Crippen LogP contribution in [0.1, 0.15) is 57.2 Å². The SMILES string of the molecule is CCNC(c1ccc(C)c(OC)c1)C1CCC(C)C(C)C1. The van der Waals surface area contributed by atoms with Gasteiger partial charge < -0.3 is 10.1 Å². The molecule has 0 saturated heterocycles. The Morgan fingerprint density at radius 1 is 1.24 bits per heavy atom. The summed E-state index contributed by atoms with van der Waals surface area (Å²) in [6.45, 7) is 10.1. The molecule has 0 spiro atoms. The van der Waals surface area contributed by atoms with E-state index in [1.54, 1.807) is 7.11 Å². The second-order valence-electron chi connectivity index (χ2n) is 6.79. The van der Waals surface area contributed by atoms with Gasteiger partial charge in [0.1, 0.15) is 5.75 Å². The maximum Gasteiger partial charge on any atom is 0.122 e. The van der Waals surface area contributed by atoms with Crippen LogP contribution in [-0.2, 0) is 0 Å². The predicted molar refractivity (Wildman–Crippen MR) is 89.8 cm³/mol. The van der Waals surface area contributed by atoms with E-state index in [-0.39, 0.29) is 0 Å². The first-order chi connectivity index (χ1) is 10.1. The smallest absolute Gasteiger partial charge is 0.122 e. The Bertz CT molecular complexity index is 457. The molecule has 2 rings (SSSR count). The van der Waals surface area contributed by atoms with Crippen molar-refractivity contribution in [1.82, 2.24) is 5.32 Å². The molecule has 0 aromatic heterocycles. The Morgan fingerprint density at radius 2 is 2.00 bits per heavy atom. The van der Waals surface area contributed by atoms with Crippen molar-refractivity contribution in [3.05, 3.63) is 29.3 Å². The standard InChI is InChI=1S/C19H31NO/c1-6-20-19(16-9-7-13(2)15(4)11-16)17-10-8-14(3)18(12-17)21-5/h8,10,12-13,15-16,19-20H,6-7,9,11H2,1-5H3. The zero-order chi connectivity index (χ0) is 15.4. The Labute approximate surface area is 130 Å². The molecule has 4 atom stereocenters. The number of hydrogen-bond acceptors (Lipinski definition) is 2. The van der Waals surface area contributed by atoms with Crippen molar-refractivity contribution in [2.24, 2.45) is 17.8 Å². The summed E-state index contributed by atoms with van der Waals surface area (Å²) in [5, 5.41) is 3.72. The van der Waals surface area contributed by atoms with E-state index in [1.165, 1.54) is 30.4 Å². The van der Waals surface area contributed by atoms with Gasteiger partial charge >= 0.3 is 0 Å². The molecule has 4 unspecified atom stereocenters. The van der Waals surface area contributed by atoms with Crippen LogP contribution in [0.3, 0.4) is 0 Å². The van der Waals surface area contributed by atoms with Gasteiger partial charge in [-0.25, -0.2) is 0 Å². The lowest BCUT2D eigenvalue weighted by Gasteiger charge is -2.37. The largest absolute Gasteiger partial charge is 0.496 e. The van der Waals surface area contributed by atoms with E-state index >= 15 is 0 Å². The molecule has 2 heteroatoms. The molecule has 1 saturated carbocycles. The van der Waals surface area contributed by atoms with Crippen molar-refractivity contribution in [2.75, 3.05) is 13.7 Å². The number of benzene rings is 1. The second-order valence-corrected chi connectivity index (χ2v) is 6.79. The molecule has 0 radical (unpaired) electrons. The van der Waals surface area contributed by atoms with E-state index < -0.39 is 0 Å². The third-order valence-electron chi connectivity index (χ3n) is 5.33. The summed E-state index contributed by atoms with van der Waals surface area (Å²) in [5.41, 5.74) is 2.59. The zero-order valence-electron chi connectivity index (χ0n) is 14.3. The maximum atomic E-state index is 5.51. The van der Waals surface area contributed by atoms with Crippen LogP contribution in [0.25, 0.3) is 0 Å². The van der Waals surface area contributed by atoms with Gasteiger partial charge in [0.25, 0.3) is 0 Å². The average Bonchev–Trinajstić information content (AvgIpc) is 2.48. The van der Waals surface area contributed by atoms with Crippen LogP contribution >= 0.6 is 0 Å². The molecule has 2 nitrogen and oxygen atoms in total. The van der Waals surface area contributed by atoms with Crippen molar-refractivity contribution in [1.29, 1.82) is 0 Å². The summed E-state index contributed by atoms with van der Waals surface area (Å²) in [7, 11) is 1.76. The minimum atomic E-state index is 0.458. The first kappa shape index (κ1) is 16.4. The van der Waals surface area contributed by atoms with Crippen LogP contribution in [0.2, 0.25) is 0 Å². The molecule has 118 valence electrons. The predicted octanol–water partition coefficient (Wildman–Crippen LogP) is 4.73. The van der Waals surface area contributed by atoms with E-state index in [2.05, 4.69) is 51.2 Å². The second kappa shape index (κ2) is 7.31. The summed E-state index contributed by atoms with van der Waals surface area (Å²) in [6, 6.07) is 7.14. The highest BCUT2D eigenvalue weighted by atomic mass is 16.5. The molecule has 0 heterocycles. The van der Waals surface area contributed by atoms with Crippen LogP contribution in [-0.4, -0.2) is 13.7 Å². The molecule has 21 heavy (non-hydrogen) atoms. The van der Waals surface area contributed by atoms with E-state index in [0.717, 1.165) is 30.0 Å². The number of rotatable bonds is 5. The van der Waals surface area contributed by atoms with Gasteiger partial charge in [0, 0.05) is 6.04 Å². The Kier molecular flexibility index (Phi) is 5.69. The Morgan fingerprint density at radius 3 is 2.62 bits per heavy atom. The van der Waals surface area contributed by atoms with Gasteiger partial charge in [0.15, 0.2) is 0 Å². The zero-order valence-corrected chi connectivity index (χ0v) is 14.3. The normalized spacial score (nSPS) is 27.4. The van der Waals surface area contributed by atoms with E-state index in [1.807, 2.05) is 0 Å². The summed E-state index contributed by atoms with van der Waals surface area (Å²) in [5.74, 6) is 3.45. The lowest BCUT2D eigenvalue weighted by atomic mass is 9.72. The number of aryl methyl sites for hydroxylation is 1. The van der Waals surface area contributed by atoms with Gasteiger partial charge in [-0.2, -0.15) is 0 Å². The van der Waals surface area contributed by atoms with Gasteiger partial charge in [0.2, 0.25) is 0 Å². The summed E-state index contributed by atoms with van der Waals surface area (Å²) < 4.78 is 5.51. The molecule has 0 amide bonds. The molecule has 1 N–H and O–H groups in total. The van der Waals surface area contributed by atoms with Crippen LogP contribution in [0.4, 0.5) is 0 Å². The fourth-order valence-electron chi connectivity index (χ4n) is 3.70. The average molecular weight is 289 g/mol. The fourth-order valence-corrected chi connectivity index (χ4v) is 3.70. The highest BCUT2D eigenvalue weighted by molar-refractivity contribution is 5.38. The summed E-state index contributed by atoms with van der Waals surface area (Å²) in [4.78, 5) is 0. The third-order valence-corrected chi connectivity index (χ3v) is 5.33. The lowest BCUT2D eigenvalue weighted by Crippen LogP contribution is -2.33. The number of hydrogen-bond donors (Lipinski definition) is 1. The highest BCUT2D eigenvalue weighted by Crippen LogP contribution is 2.40. The maximum absolute atomic E-state index is 5.51. The topological polar surface area (TPSA) is 21.3 Å². The molecule has 1 aromatic rings. The van der Waals surface area contributed by atoms with E-state index in [9.17, 15) is 0 Å². The molecule has 0 aliphatic heterocycles. The third kappa shape index (κ3) is 3.79. The van der Waals surface area contributed by atoms with Crippen molar-refractivity contribution in [3.8, 4) is 5.75 Å². The van der Waals surface area contributed by atoms with Gasteiger partial charge in [-0.3, -0.25) is 0 Å². The Hall–Kier alpha value is -1.02. The van der Waals surface area contributed by atoms with Crippen molar-refractivity contribution < 1.29 is 4.74 Å². The monoisotopic (exact) mass is 289 g/mol. The minimum Gasteiger partial charge on any atom is -0.496 e. The molecule has 1 fully saturated rings. The van der Waals surface area contributed by atoms with Crippen LogP contribution in [0.5, 0.6) is 5.75 Å². The number of ether oxygens (including phenoxy) is 1. The van der Waals surface area contributed by atoms with Crippen molar-refractivity contribution in [2.45, 2.75) is 53.0 Å². The van der Waals surface area contributed by atoms with Gasteiger partial charge in [-0.15, -0.1) is 0 Å². The first-order valence-corrected chi connectivity index (χ1v) is 8.44. The first-order valence-electron chi connectivity index (χ1n) is 8.44. The quantitative estimate of drug-likeness (QED) is 0.846. The van der Waals surface area contributed by atoms with E-state index in [0.29, 0.717) is 6.04 Å². The van der Waals surface area contributed by atoms with Crippen molar-refractivity contribution in [3.63, 3.8) is 0 Å². The fraction of sp³-hybridized carbons (Fsp3) is 0.684. The molecule has 0 bridgehead atoms. The molecule has 1 aliphatic rings. The number of nitrogens with one attached hydrogen (secondary N) is 1. The number of methoxy groups -OCH3 is 1. The summed E-state index contributed by atoms with van der Waals surface area (Å²) in [6.07, 6.45) is 4.02. The molecule has 1 aromatic carbocycles. The molecular weight excluding hydrogens is 258 g/mol. The van der Waals surface area contributed by atoms with E-state index in [4.69, 9.17) is 4.74 Å². The van der Waals surface area contributed by atoms with Gasteiger partial charge in [0.05, 0.1) is 7.11 Å². The van der Waals surface area contributed by atoms with Crippen molar-refractivity contribution >= 4 is 0 Å². The van der Waals surface area contributed by atoms with Crippen LogP contribution in [0.15, 0.2) is 18.2 Å². The lowest BCUT2D eigenvalue weighted by molar-refractivity contribution is 0.172. The van der Waals surface area contributed by atoms with Gasteiger partial charge in [-0.05, 0) is 61.3 Å². The van der Waals surface area contributed by atoms with Crippen LogP contribution in [0, 0.1) is 24.7 Å². The van der Waals surface area contributed by atoms with Gasteiger partial charge in [-0.1, -0.05) is 39.3 Å². The summed E-state index contributed by atoms with van der Waals surface area (Å²) >= 11 is 0.